The van der Waals surface area contributed by atoms with E-state index in [0.717, 1.165) is 13.0 Å². The van der Waals surface area contributed by atoms with Crippen LogP contribution in [0.25, 0.3) is 10.9 Å². The molecule has 1 unspecified atom stereocenters. The first-order valence-electron chi connectivity index (χ1n) is 7.12. The van der Waals surface area contributed by atoms with Gasteiger partial charge in [-0.05, 0) is 31.5 Å². The maximum Gasteiger partial charge on any atom is 0.258 e. The summed E-state index contributed by atoms with van der Waals surface area (Å²) in [5.41, 5.74) is 0.607. The lowest BCUT2D eigenvalue weighted by atomic mass is 10.1. The molecule has 1 aliphatic rings. The second kappa shape index (κ2) is 6.15. The maximum absolute atomic E-state index is 11.9. The van der Waals surface area contributed by atoms with E-state index < -0.39 is 0 Å². The third kappa shape index (κ3) is 3.05. The molecule has 2 heterocycles. The topological polar surface area (TPSA) is 67.0 Å². The van der Waals surface area contributed by atoms with Crippen molar-refractivity contribution in [3.05, 3.63) is 40.4 Å². The summed E-state index contributed by atoms with van der Waals surface area (Å²) in [6, 6.07) is 7.76. The minimum atomic E-state index is -0.106. The fourth-order valence-electron chi connectivity index (χ4n) is 2.57. The predicted molar refractivity (Wildman–Crippen MR) is 77.7 cm³/mol. The number of hydrogen-bond donors (Lipinski definition) is 2. The van der Waals surface area contributed by atoms with Gasteiger partial charge in [-0.2, -0.15) is 0 Å². The molecule has 1 aliphatic heterocycles. The number of fused-ring (bicyclic) bond motifs is 1. The van der Waals surface area contributed by atoms with Crippen LogP contribution in [0, 0.1) is 0 Å². The van der Waals surface area contributed by atoms with Crippen molar-refractivity contribution in [3.63, 3.8) is 0 Å². The molecule has 2 N–H and O–H groups in total. The molecule has 1 atom stereocenters. The zero-order valence-corrected chi connectivity index (χ0v) is 11.4. The molecule has 1 aromatic carbocycles. The van der Waals surface area contributed by atoms with E-state index in [0.29, 0.717) is 36.0 Å². The second-order valence-corrected chi connectivity index (χ2v) is 5.19. The van der Waals surface area contributed by atoms with Gasteiger partial charge in [0.2, 0.25) is 0 Å². The number of hydrogen-bond acceptors (Lipinski definition) is 4. The van der Waals surface area contributed by atoms with E-state index in [1.54, 1.807) is 6.07 Å². The van der Waals surface area contributed by atoms with Gasteiger partial charge in [-0.3, -0.25) is 4.79 Å². The van der Waals surface area contributed by atoms with E-state index in [1.165, 1.54) is 12.8 Å². The van der Waals surface area contributed by atoms with Crippen LogP contribution >= 0.6 is 0 Å². The highest BCUT2D eigenvalue weighted by Gasteiger charge is 2.12. The first-order chi connectivity index (χ1) is 9.83. The number of nitrogens with zero attached hydrogens (tertiary/aromatic N) is 1. The fourth-order valence-corrected chi connectivity index (χ4v) is 2.57. The van der Waals surface area contributed by atoms with E-state index in [2.05, 4.69) is 15.3 Å². The number of para-hydroxylation sites is 1. The number of H-pyrrole nitrogens is 1. The number of aromatic nitrogens is 2. The van der Waals surface area contributed by atoms with Crippen molar-refractivity contribution < 1.29 is 4.74 Å². The van der Waals surface area contributed by atoms with Gasteiger partial charge in [0.25, 0.3) is 5.56 Å². The smallest absolute Gasteiger partial charge is 0.258 e. The molecule has 0 aliphatic carbocycles. The molecule has 5 nitrogen and oxygen atoms in total. The van der Waals surface area contributed by atoms with Gasteiger partial charge in [0, 0.05) is 6.04 Å². The van der Waals surface area contributed by atoms with Crippen LogP contribution in [0.15, 0.2) is 29.1 Å². The molecule has 0 spiro atoms. The van der Waals surface area contributed by atoms with Gasteiger partial charge < -0.3 is 15.0 Å². The van der Waals surface area contributed by atoms with Gasteiger partial charge in [0.15, 0.2) is 0 Å². The fraction of sp³-hybridized carbons (Fsp3) is 0.467. The first-order valence-corrected chi connectivity index (χ1v) is 7.12. The summed E-state index contributed by atoms with van der Waals surface area (Å²) in [7, 11) is 0. The Bertz CT molecular complexity index is 632. The van der Waals surface area contributed by atoms with E-state index in [4.69, 9.17) is 4.74 Å². The molecule has 2 aromatic rings. The molecule has 20 heavy (non-hydrogen) atoms. The highest BCUT2D eigenvalue weighted by molar-refractivity contribution is 5.77. The molecule has 0 radical (unpaired) electrons. The predicted octanol–water partition coefficient (Wildman–Crippen LogP) is 1.58. The average molecular weight is 273 g/mol. The Balaban J connectivity index is 1.64. The average Bonchev–Trinajstić information content (AvgIpc) is 2.48. The van der Waals surface area contributed by atoms with Crippen molar-refractivity contribution in [2.45, 2.75) is 31.9 Å². The third-order valence-corrected chi connectivity index (χ3v) is 3.63. The lowest BCUT2D eigenvalue weighted by molar-refractivity contribution is 0.0868. The number of aromatic amines is 1. The van der Waals surface area contributed by atoms with E-state index >= 15 is 0 Å². The number of piperidine rings is 1. The van der Waals surface area contributed by atoms with Crippen molar-refractivity contribution in [2.24, 2.45) is 0 Å². The van der Waals surface area contributed by atoms with Gasteiger partial charge in [-0.25, -0.2) is 4.98 Å². The summed E-state index contributed by atoms with van der Waals surface area (Å²) in [5.74, 6) is 0.588. The Kier molecular flexibility index (Phi) is 4.08. The maximum atomic E-state index is 11.9. The van der Waals surface area contributed by atoms with Crippen LogP contribution < -0.4 is 10.9 Å². The van der Waals surface area contributed by atoms with Crippen molar-refractivity contribution >= 4 is 10.9 Å². The normalized spacial score (nSPS) is 19.3. The minimum Gasteiger partial charge on any atom is -0.372 e. The second-order valence-electron chi connectivity index (χ2n) is 5.19. The summed E-state index contributed by atoms with van der Waals surface area (Å²) in [5, 5.41) is 4.04. The van der Waals surface area contributed by atoms with Crippen LogP contribution in [-0.4, -0.2) is 29.2 Å². The number of ether oxygens (including phenoxy) is 1. The van der Waals surface area contributed by atoms with Crippen LogP contribution in [0.1, 0.15) is 25.1 Å². The van der Waals surface area contributed by atoms with Crippen molar-refractivity contribution in [3.8, 4) is 0 Å². The molecular formula is C15H19N3O2. The molecular weight excluding hydrogens is 254 g/mol. The standard InChI is InChI=1S/C15H19N3O2/c19-15-12-6-1-2-7-13(12)17-14(18-15)10-20-9-11-5-3-4-8-16-11/h1-2,6-7,11,16H,3-5,8-10H2,(H,17,18,19). The molecule has 0 bridgehead atoms. The minimum absolute atomic E-state index is 0.106. The lowest BCUT2D eigenvalue weighted by Crippen LogP contribution is -2.37. The van der Waals surface area contributed by atoms with Gasteiger partial charge in [0.1, 0.15) is 12.4 Å². The van der Waals surface area contributed by atoms with Crippen LogP contribution in [-0.2, 0) is 11.3 Å². The monoisotopic (exact) mass is 273 g/mol. The molecule has 1 aromatic heterocycles. The van der Waals surface area contributed by atoms with Crippen molar-refractivity contribution in [2.75, 3.05) is 13.2 Å². The van der Waals surface area contributed by atoms with Crippen LogP contribution in [0.3, 0.4) is 0 Å². The molecule has 0 saturated carbocycles. The summed E-state index contributed by atoms with van der Waals surface area (Å²) in [6.45, 7) is 2.08. The highest BCUT2D eigenvalue weighted by atomic mass is 16.5. The molecule has 3 rings (SSSR count). The van der Waals surface area contributed by atoms with Gasteiger partial charge in [0.05, 0.1) is 17.5 Å². The van der Waals surface area contributed by atoms with E-state index in [1.807, 2.05) is 18.2 Å². The SMILES string of the molecule is O=c1[nH]c(COCC2CCCCN2)nc2ccccc12. The van der Waals surface area contributed by atoms with E-state index in [-0.39, 0.29) is 5.56 Å². The first kappa shape index (κ1) is 13.3. The summed E-state index contributed by atoms with van der Waals surface area (Å²) >= 11 is 0. The Labute approximate surface area is 117 Å². The van der Waals surface area contributed by atoms with Gasteiger partial charge >= 0.3 is 0 Å². The summed E-state index contributed by atoms with van der Waals surface area (Å²) < 4.78 is 5.67. The molecule has 106 valence electrons. The van der Waals surface area contributed by atoms with E-state index in [9.17, 15) is 4.79 Å². The van der Waals surface area contributed by atoms with Gasteiger partial charge in [-0.15, -0.1) is 0 Å². The zero-order chi connectivity index (χ0) is 13.8. The molecule has 0 amide bonds. The van der Waals surface area contributed by atoms with Crippen LogP contribution in [0.5, 0.6) is 0 Å². The molecule has 1 saturated heterocycles. The Hall–Kier alpha value is -1.72. The summed E-state index contributed by atoms with van der Waals surface area (Å²) in [6.07, 6.45) is 3.66. The third-order valence-electron chi connectivity index (χ3n) is 3.63. The zero-order valence-electron chi connectivity index (χ0n) is 11.4. The summed E-state index contributed by atoms with van der Waals surface area (Å²) in [4.78, 5) is 19.1. The highest BCUT2D eigenvalue weighted by Crippen LogP contribution is 2.09. The quantitative estimate of drug-likeness (QED) is 0.887. The Morgan fingerprint density at radius 2 is 2.20 bits per heavy atom. The number of benzene rings is 1. The number of rotatable bonds is 4. The van der Waals surface area contributed by atoms with Crippen LogP contribution in [0.2, 0.25) is 0 Å². The number of nitrogens with one attached hydrogen (secondary N) is 2. The largest absolute Gasteiger partial charge is 0.372 e. The van der Waals surface area contributed by atoms with Crippen molar-refractivity contribution in [1.29, 1.82) is 0 Å². The Morgan fingerprint density at radius 3 is 3.05 bits per heavy atom. The van der Waals surface area contributed by atoms with Crippen molar-refractivity contribution in [1.82, 2.24) is 15.3 Å². The Morgan fingerprint density at radius 1 is 1.30 bits per heavy atom. The lowest BCUT2D eigenvalue weighted by Gasteiger charge is -2.23. The molecule has 5 heteroatoms. The van der Waals surface area contributed by atoms with Gasteiger partial charge in [-0.1, -0.05) is 18.6 Å². The molecule has 1 fully saturated rings. The van der Waals surface area contributed by atoms with Crippen LogP contribution in [0.4, 0.5) is 0 Å².